The van der Waals surface area contributed by atoms with Gasteiger partial charge in [-0.1, -0.05) is 18.6 Å². The highest BCUT2D eigenvalue weighted by atomic mass is 16.7. The summed E-state index contributed by atoms with van der Waals surface area (Å²) in [5.41, 5.74) is 5.46. The Kier molecular flexibility index (Phi) is 8.89. The van der Waals surface area contributed by atoms with E-state index < -0.39 is 59.7 Å². The van der Waals surface area contributed by atoms with Gasteiger partial charge in [0, 0.05) is 23.5 Å². The molecule has 5 N–H and O–H groups in total. The van der Waals surface area contributed by atoms with Crippen molar-refractivity contribution in [3.8, 4) is 17.2 Å². The quantitative estimate of drug-likeness (QED) is 0.165. The fourth-order valence-electron chi connectivity index (χ4n) is 5.04. The predicted molar refractivity (Wildman–Crippen MR) is 157 cm³/mol. The van der Waals surface area contributed by atoms with Gasteiger partial charge in [-0.2, -0.15) is 0 Å². The number of carbonyl (C=O) groups excluding carboxylic acids is 2. The number of fused-ring (bicyclic) bond motifs is 1. The molecular formula is C32H37NO10. The number of phenolic OH excluding ortho intramolecular Hbond substituents is 1. The molecule has 11 heteroatoms. The van der Waals surface area contributed by atoms with Crippen molar-refractivity contribution in [1.82, 2.24) is 0 Å². The zero-order valence-electron chi connectivity index (χ0n) is 25.0. The molecule has 2 unspecified atom stereocenters. The van der Waals surface area contributed by atoms with Crippen molar-refractivity contribution in [2.24, 2.45) is 11.7 Å². The molecule has 230 valence electrons. The Morgan fingerprint density at radius 2 is 1.84 bits per heavy atom. The van der Waals surface area contributed by atoms with Crippen molar-refractivity contribution < 1.29 is 43.5 Å². The van der Waals surface area contributed by atoms with Crippen LogP contribution in [-0.2, 0) is 22.3 Å². The smallest absolute Gasteiger partial charge is 0.404 e. The summed E-state index contributed by atoms with van der Waals surface area (Å²) in [7, 11) is 0. The minimum absolute atomic E-state index is 0.0210. The van der Waals surface area contributed by atoms with Crippen molar-refractivity contribution in [3.63, 3.8) is 0 Å². The number of aromatic hydroxyl groups is 2. The number of phenols is 1. The van der Waals surface area contributed by atoms with Crippen molar-refractivity contribution in [3.05, 3.63) is 74.7 Å². The first-order valence-electron chi connectivity index (χ1n) is 13.9. The Bertz CT molecular complexity index is 1650. The third kappa shape index (κ3) is 6.52. The maximum absolute atomic E-state index is 13.1. The molecule has 1 saturated heterocycles. The largest absolute Gasteiger partial charge is 0.508 e. The maximum atomic E-state index is 13.1. The van der Waals surface area contributed by atoms with Gasteiger partial charge in [-0.05, 0) is 76.9 Å². The summed E-state index contributed by atoms with van der Waals surface area (Å²) in [6.45, 7) is 10.7. The van der Waals surface area contributed by atoms with Crippen LogP contribution in [0.15, 0.2) is 51.2 Å². The number of aliphatic hydroxyl groups is 1. The number of rotatable bonds is 8. The van der Waals surface area contributed by atoms with Gasteiger partial charge in [0.2, 0.25) is 6.29 Å². The number of benzene rings is 2. The van der Waals surface area contributed by atoms with E-state index in [0.717, 1.165) is 5.57 Å². The monoisotopic (exact) mass is 595 g/mol. The maximum Gasteiger partial charge on any atom is 0.404 e. The van der Waals surface area contributed by atoms with Crippen LogP contribution in [0.1, 0.15) is 61.7 Å². The molecule has 0 bridgehead atoms. The van der Waals surface area contributed by atoms with Crippen LogP contribution in [0, 0.1) is 12.8 Å². The van der Waals surface area contributed by atoms with Gasteiger partial charge in [-0.25, -0.2) is 9.59 Å². The molecule has 11 nitrogen and oxygen atoms in total. The summed E-state index contributed by atoms with van der Waals surface area (Å²) in [6, 6.07) is 7.41. The fourth-order valence-corrected chi connectivity index (χ4v) is 5.04. The highest BCUT2D eigenvalue weighted by Gasteiger charge is 2.50. The molecule has 1 fully saturated rings. The zero-order chi connectivity index (χ0) is 31.8. The van der Waals surface area contributed by atoms with Gasteiger partial charge >= 0.3 is 11.7 Å². The molecule has 4 rings (SSSR count). The van der Waals surface area contributed by atoms with Crippen LogP contribution in [0.2, 0.25) is 0 Å². The van der Waals surface area contributed by atoms with Crippen LogP contribution in [0.25, 0.3) is 11.0 Å². The molecule has 0 spiro atoms. The number of ether oxygens (including phenoxy) is 3. The molecule has 2 heterocycles. The third-order valence-electron chi connectivity index (χ3n) is 7.93. The summed E-state index contributed by atoms with van der Waals surface area (Å²) in [5, 5.41) is 32.3. The Morgan fingerprint density at radius 3 is 2.49 bits per heavy atom. The third-order valence-corrected chi connectivity index (χ3v) is 7.93. The van der Waals surface area contributed by atoms with E-state index >= 15 is 0 Å². The fraction of sp³-hybridized carbons (Fsp3) is 0.406. The van der Waals surface area contributed by atoms with E-state index in [4.69, 9.17) is 24.4 Å². The number of aryl methyl sites for hydroxylation is 1. The number of aliphatic hydroxyl groups excluding tert-OH is 1. The van der Waals surface area contributed by atoms with Gasteiger partial charge in [-0.3, -0.25) is 4.79 Å². The predicted octanol–water partition coefficient (Wildman–Crippen LogP) is 4.42. The SMILES string of the molecule is CC(C)=CCc1cc(C(=O)Cc2c(O)c3ccc(OC4OC(C)(C)C(C)[C@@H](OC(N)=O)[C@H]4O)c(C)c3oc2=O)ccc1O. The second-order valence-electron chi connectivity index (χ2n) is 11.6. The molecule has 4 atom stereocenters. The number of allylic oxidation sites excluding steroid dienone is 2. The van der Waals surface area contributed by atoms with Crippen molar-refractivity contribution in [2.75, 3.05) is 0 Å². The topological polar surface area (TPSA) is 179 Å². The standard InChI is InChI=1S/C32H37NO10/c1-15(2)7-8-18-13-19(9-11-22(18)34)23(35)14-21-25(36)20-10-12-24(16(3)27(20)41-29(21)38)40-30-26(37)28(42-31(33)39)17(4)32(5,6)43-30/h7,9-13,17,26,28,30,34,36-37H,8,14H2,1-6H3,(H2,33,39)/t17?,26-,28-,30?/m1/s1. The number of hydrogen-bond acceptors (Lipinski definition) is 10. The first-order chi connectivity index (χ1) is 20.1. The van der Waals surface area contributed by atoms with Crippen molar-refractivity contribution in [1.29, 1.82) is 0 Å². The molecule has 43 heavy (non-hydrogen) atoms. The molecular weight excluding hydrogens is 558 g/mol. The Morgan fingerprint density at radius 1 is 1.14 bits per heavy atom. The Labute approximate surface area is 248 Å². The first-order valence-corrected chi connectivity index (χ1v) is 13.9. The minimum Gasteiger partial charge on any atom is -0.508 e. The normalized spacial score (nSPS) is 21.3. The second kappa shape index (κ2) is 12.1. The molecule has 0 saturated carbocycles. The Hall–Kier alpha value is -4.35. The summed E-state index contributed by atoms with van der Waals surface area (Å²) >= 11 is 0. The van der Waals surface area contributed by atoms with E-state index in [2.05, 4.69) is 0 Å². The summed E-state index contributed by atoms with van der Waals surface area (Å²) < 4.78 is 22.6. The second-order valence-corrected chi connectivity index (χ2v) is 11.6. The molecule has 2 aromatic carbocycles. The summed E-state index contributed by atoms with van der Waals surface area (Å²) in [4.78, 5) is 37.6. The molecule has 3 aromatic rings. The van der Waals surface area contributed by atoms with Crippen molar-refractivity contribution in [2.45, 2.75) is 78.5 Å². The number of amides is 1. The molecule has 1 aliphatic rings. The lowest BCUT2D eigenvalue weighted by Crippen LogP contribution is -2.61. The Balaban J connectivity index is 1.63. The van der Waals surface area contributed by atoms with E-state index in [1.165, 1.54) is 24.3 Å². The number of primary amides is 1. The van der Waals surface area contributed by atoms with Crippen LogP contribution >= 0.6 is 0 Å². The summed E-state index contributed by atoms with van der Waals surface area (Å²) in [5.74, 6) is -1.04. The lowest BCUT2D eigenvalue weighted by atomic mass is 9.82. The first kappa shape index (κ1) is 31.6. The van der Waals surface area contributed by atoms with Gasteiger partial charge in [0.25, 0.3) is 0 Å². The summed E-state index contributed by atoms with van der Waals surface area (Å²) in [6.07, 6.45) is -2.78. The average molecular weight is 596 g/mol. The highest BCUT2D eigenvalue weighted by Crippen LogP contribution is 2.39. The number of nitrogens with two attached hydrogens (primary N) is 1. The van der Waals surface area contributed by atoms with Gasteiger partial charge in [0.15, 0.2) is 11.9 Å². The molecule has 0 radical (unpaired) electrons. The number of carbonyl (C=O) groups is 2. The van der Waals surface area contributed by atoms with Crippen LogP contribution in [0.3, 0.4) is 0 Å². The minimum atomic E-state index is -1.39. The molecule has 1 aromatic heterocycles. The molecule has 1 aliphatic heterocycles. The van der Waals surface area contributed by atoms with Gasteiger partial charge < -0.3 is 39.7 Å². The lowest BCUT2D eigenvalue weighted by molar-refractivity contribution is -0.283. The zero-order valence-corrected chi connectivity index (χ0v) is 25.0. The molecule has 0 aliphatic carbocycles. The van der Waals surface area contributed by atoms with E-state index in [-0.39, 0.29) is 33.6 Å². The van der Waals surface area contributed by atoms with Crippen LogP contribution in [-0.4, -0.2) is 51.3 Å². The van der Waals surface area contributed by atoms with E-state index in [0.29, 0.717) is 17.5 Å². The average Bonchev–Trinajstić information content (AvgIpc) is 2.93. The van der Waals surface area contributed by atoms with Crippen molar-refractivity contribution >= 4 is 22.8 Å². The van der Waals surface area contributed by atoms with Gasteiger partial charge in [-0.15, -0.1) is 0 Å². The molecule has 1 amide bonds. The van der Waals surface area contributed by atoms with E-state index in [9.17, 15) is 29.7 Å². The van der Waals surface area contributed by atoms with Gasteiger partial charge in [0.1, 0.15) is 28.9 Å². The van der Waals surface area contributed by atoms with Gasteiger partial charge in [0.05, 0.1) is 16.6 Å². The van der Waals surface area contributed by atoms with Crippen LogP contribution < -0.4 is 16.1 Å². The number of ketones is 1. The van der Waals surface area contributed by atoms with Crippen LogP contribution in [0.5, 0.6) is 17.2 Å². The highest BCUT2D eigenvalue weighted by molar-refractivity contribution is 5.99. The van der Waals surface area contributed by atoms with E-state index in [1.807, 2.05) is 19.9 Å². The van der Waals surface area contributed by atoms with E-state index in [1.54, 1.807) is 33.8 Å². The number of Topliss-reactive ketones (excluding diaryl/α,β-unsaturated/α-hetero) is 1. The van der Waals surface area contributed by atoms with Crippen LogP contribution in [0.4, 0.5) is 4.79 Å². The lowest BCUT2D eigenvalue weighted by Gasteiger charge is -2.47. The number of hydrogen-bond donors (Lipinski definition) is 4.